The van der Waals surface area contributed by atoms with E-state index >= 15 is 0 Å². The number of nitrogens with one attached hydrogen (secondary N) is 1. The van der Waals surface area contributed by atoms with Gasteiger partial charge in [-0.1, -0.05) is 22.0 Å². The first kappa shape index (κ1) is 14.9. The van der Waals surface area contributed by atoms with Gasteiger partial charge in [-0.3, -0.25) is 4.79 Å². The van der Waals surface area contributed by atoms with Crippen LogP contribution in [0.3, 0.4) is 0 Å². The lowest BCUT2D eigenvalue weighted by atomic mass is 10.2. The summed E-state index contributed by atoms with van der Waals surface area (Å²) in [5.41, 5.74) is 2.34. The minimum Gasteiger partial charge on any atom is -0.378 e. The van der Waals surface area contributed by atoms with Crippen LogP contribution < -0.4 is 10.2 Å². The zero-order chi connectivity index (χ0) is 14.7. The predicted octanol–water partition coefficient (Wildman–Crippen LogP) is 4.06. The molecule has 1 amide bonds. The molecule has 2 aromatic carbocycles. The molecule has 104 valence electrons. The second-order valence-electron chi connectivity index (χ2n) is 4.56. The molecule has 0 bridgehead atoms. The highest BCUT2D eigenvalue weighted by Gasteiger charge is 2.10. The van der Waals surface area contributed by atoms with E-state index in [4.69, 9.17) is 0 Å². The lowest BCUT2D eigenvalue weighted by molar-refractivity contribution is 0.102. The van der Waals surface area contributed by atoms with Crippen LogP contribution in [0, 0.1) is 0 Å². The first-order valence-electron chi connectivity index (χ1n) is 6.04. The Bertz CT molecular complexity index is 644. The van der Waals surface area contributed by atoms with Gasteiger partial charge in [0.2, 0.25) is 0 Å². The Morgan fingerprint density at radius 1 is 1.20 bits per heavy atom. The van der Waals surface area contributed by atoms with Gasteiger partial charge in [0.25, 0.3) is 5.91 Å². The number of hydrogen-bond donors (Lipinski definition) is 2. The first-order chi connectivity index (χ1) is 9.47. The fraction of sp³-hybridized carbons (Fsp3) is 0.133. The van der Waals surface area contributed by atoms with Gasteiger partial charge < -0.3 is 10.2 Å². The van der Waals surface area contributed by atoms with Crippen LogP contribution in [-0.2, 0) is 0 Å². The topological polar surface area (TPSA) is 32.3 Å². The Labute approximate surface area is 132 Å². The second kappa shape index (κ2) is 6.33. The highest BCUT2D eigenvalue weighted by atomic mass is 79.9. The van der Waals surface area contributed by atoms with Crippen LogP contribution in [0.2, 0.25) is 0 Å². The van der Waals surface area contributed by atoms with Crippen molar-refractivity contribution in [1.82, 2.24) is 0 Å². The molecule has 0 spiro atoms. The van der Waals surface area contributed by atoms with Gasteiger partial charge in [0.05, 0.1) is 5.56 Å². The smallest absolute Gasteiger partial charge is 0.256 e. The van der Waals surface area contributed by atoms with E-state index < -0.39 is 0 Å². The molecule has 0 atom stereocenters. The Hall–Kier alpha value is -1.46. The van der Waals surface area contributed by atoms with Crippen LogP contribution in [0.15, 0.2) is 51.8 Å². The molecule has 0 fully saturated rings. The maximum absolute atomic E-state index is 12.2. The van der Waals surface area contributed by atoms with Gasteiger partial charge in [-0.25, -0.2) is 0 Å². The lowest BCUT2D eigenvalue weighted by Crippen LogP contribution is -2.14. The number of carbonyl (C=O) groups excluding carboxylic acids is 1. The Morgan fingerprint density at radius 3 is 2.60 bits per heavy atom. The zero-order valence-electron chi connectivity index (χ0n) is 11.2. The summed E-state index contributed by atoms with van der Waals surface area (Å²) in [4.78, 5) is 14.9. The van der Waals surface area contributed by atoms with Crippen LogP contribution in [0.4, 0.5) is 11.4 Å². The molecule has 0 aliphatic heterocycles. The molecule has 2 rings (SSSR count). The number of amides is 1. The van der Waals surface area contributed by atoms with Gasteiger partial charge in [-0.15, -0.1) is 12.6 Å². The maximum atomic E-state index is 12.2. The fourth-order valence-electron chi connectivity index (χ4n) is 1.76. The Morgan fingerprint density at radius 2 is 1.95 bits per heavy atom. The number of halogens is 1. The quantitative estimate of drug-likeness (QED) is 0.818. The molecular formula is C15H15BrN2OS. The number of thiol groups is 1. The fourth-order valence-corrected chi connectivity index (χ4v) is 2.61. The highest BCUT2D eigenvalue weighted by Crippen LogP contribution is 2.22. The molecule has 0 aromatic heterocycles. The molecule has 0 unspecified atom stereocenters. The number of anilines is 2. The van der Waals surface area contributed by atoms with E-state index in [0.717, 1.165) is 15.8 Å². The van der Waals surface area contributed by atoms with Gasteiger partial charge in [-0.05, 0) is 36.4 Å². The molecule has 0 saturated heterocycles. The van der Waals surface area contributed by atoms with Crippen molar-refractivity contribution in [1.29, 1.82) is 0 Å². The molecule has 20 heavy (non-hydrogen) atoms. The standard InChI is InChI=1S/C15H15BrN2OS/c1-18(2)12-5-3-4-11(9-12)17-15(19)13-7-6-10(16)8-14(13)20/h3-9,20H,1-2H3,(H,17,19). The third-order valence-electron chi connectivity index (χ3n) is 2.82. The van der Waals surface area contributed by atoms with Gasteiger partial charge in [-0.2, -0.15) is 0 Å². The van der Waals surface area contributed by atoms with E-state index in [1.807, 2.05) is 49.3 Å². The Balaban J connectivity index is 2.21. The number of carbonyl (C=O) groups is 1. The zero-order valence-corrected chi connectivity index (χ0v) is 13.7. The van der Waals surface area contributed by atoms with E-state index in [9.17, 15) is 4.79 Å². The average molecular weight is 351 g/mol. The number of benzene rings is 2. The molecule has 5 heteroatoms. The van der Waals surface area contributed by atoms with E-state index in [1.165, 1.54) is 0 Å². The summed E-state index contributed by atoms with van der Waals surface area (Å²) in [6.07, 6.45) is 0. The largest absolute Gasteiger partial charge is 0.378 e. The molecule has 0 radical (unpaired) electrons. The Kier molecular flexibility index (Phi) is 4.73. The number of nitrogens with zero attached hydrogens (tertiary/aromatic N) is 1. The molecule has 0 saturated carbocycles. The highest BCUT2D eigenvalue weighted by molar-refractivity contribution is 9.10. The summed E-state index contributed by atoms with van der Waals surface area (Å²) < 4.78 is 0.897. The predicted molar refractivity (Wildman–Crippen MR) is 90.1 cm³/mol. The molecule has 0 aliphatic rings. The van der Waals surface area contributed by atoms with Crippen LogP contribution in [-0.4, -0.2) is 20.0 Å². The van der Waals surface area contributed by atoms with Gasteiger partial charge >= 0.3 is 0 Å². The monoisotopic (exact) mass is 350 g/mol. The molecule has 0 aliphatic carbocycles. The summed E-state index contributed by atoms with van der Waals surface area (Å²) in [5, 5.41) is 2.88. The van der Waals surface area contributed by atoms with Crippen LogP contribution in [0.1, 0.15) is 10.4 Å². The van der Waals surface area contributed by atoms with Crippen molar-refractivity contribution in [2.24, 2.45) is 0 Å². The van der Waals surface area contributed by atoms with Crippen molar-refractivity contribution in [2.45, 2.75) is 4.90 Å². The summed E-state index contributed by atoms with van der Waals surface area (Å²) >= 11 is 7.68. The minimum atomic E-state index is -0.168. The molecule has 1 N–H and O–H groups in total. The average Bonchev–Trinajstić information content (AvgIpc) is 2.38. The van der Waals surface area contributed by atoms with Crippen molar-refractivity contribution >= 4 is 45.8 Å². The summed E-state index contributed by atoms with van der Waals surface area (Å²) in [5.74, 6) is -0.168. The number of rotatable bonds is 3. The molecule has 3 nitrogen and oxygen atoms in total. The van der Waals surface area contributed by atoms with Crippen molar-refractivity contribution in [3.8, 4) is 0 Å². The lowest BCUT2D eigenvalue weighted by Gasteiger charge is -2.14. The van der Waals surface area contributed by atoms with Crippen LogP contribution >= 0.6 is 28.6 Å². The summed E-state index contributed by atoms with van der Waals surface area (Å²) in [6, 6.07) is 13.1. The SMILES string of the molecule is CN(C)c1cccc(NC(=O)c2ccc(Br)cc2S)c1. The van der Waals surface area contributed by atoms with Gasteiger partial charge in [0, 0.05) is 34.8 Å². The van der Waals surface area contributed by atoms with Gasteiger partial charge in [0.1, 0.15) is 0 Å². The van der Waals surface area contributed by atoms with E-state index in [2.05, 4.69) is 33.9 Å². The van der Waals surface area contributed by atoms with Crippen molar-refractivity contribution in [3.05, 3.63) is 52.5 Å². The molecule has 2 aromatic rings. The second-order valence-corrected chi connectivity index (χ2v) is 5.96. The normalized spacial score (nSPS) is 10.2. The van der Waals surface area contributed by atoms with E-state index in [-0.39, 0.29) is 5.91 Å². The third kappa shape index (κ3) is 3.55. The van der Waals surface area contributed by atoms with Crippen molar-refractivity contribution in [3.63, 3.8) is 0 Å². The number of hydrogen-bond acceptors (Lipinski definition) is 3. The minimum absolute atomic E-state index is 0.168. The maximum Gasteiger partial charge on any atom is 0.256 e. The van der Waals surface area contributed by atoms with E-state index in [1.54, 1.807) is 12.1 Å². The molecule has 0 heterocycles. The van der Waals surface area contributed by atoms with E-state index in [0.29, 0.717) is 10.5 Å². The van der Waals surface area contributed by atoms with Crippen molar-refractivity contribution in [2.75, 3.05) is 24.3 Å². The first-order valence-corrected chi connectivity index (χ1v) is 7.28. The van der Waals surface area contributed by atoms with Gasteiger partial charge in [0.15, 0.2) is 0 Å². The summed E-state index contributed by atoms with van der Waals surface area (Å²) in [6.45, 7) is 0. The summed E-state index contributed by atoms with van der Waals surface area (Å²) in [7, 11) is 3.92. The van der Waals surface area contributed by atoms with Crippen LogP contribution in [0.25, 0.3) is 0 Å². The molecular weight excluding hydrogens is 336 g/mol. The van der Waals surface area contributed by atoms with Crippen LogP contribution in [0.5, 0.6) is 0 Å². The van der Waals surface area contributed by atoms with Crippen molar-refractivity contribution < 1.29 is 4.79 Å². The third-order valence-corrected chi connectivity index (χ3v) is 3.69.